The fourth-order valence-corrected chi connectivity index (χ4v) is 3.60. The zero-order chi connectivity index (χ0) is 14.3. The van der Waals surface area contributed by atoms with Gasteiger partial charge in [0.1, 0.15) is 5.82 Å². The first kappa shape index (κ1) is 13.6. The molecule has 20 heavy (non-hydrogen) atoms. The number of rotatable bonds is 1. The number of hydrogen-bond acceptors (Lipinski definition) is 2. The second-order valence-corrected chi connectivity index (χ2v) is 6.00. The van der Waals surface area contributed by atoms with E-state index >= 15 is 0 Å². The van der Waals surface area contributed by atoms with E-state index in [1.54, 1.807) is 13.0 Å². The first-order valence-corrected chi connectivity index (χ1v) is 7.38. The van der Waals surface area contributed by atoms with E-state index in [1.165, 1.54) is 6.07 Å². The van der Waals surface area contributed by atoms with Gasteiger partial charge in [0.25, 0.3) is 5.91 Å². The van der Waals surface area contributed by atoms with E-state index in [-0.39, 0.29) is 11.7 Å². The molecule has 0 saturated heterocycles. The lowest BCUT2D eigenvalue weighted by Gasteiger charge is -2.30. The Labute approximate surface area is 118 Å². The Hall–Kier alpha value is -1.42. The summed E-state index contributed by atoms with van der Waals surface area (Å²) in [5, 5.41) is 13.7. The summed E-state index contributed by atoms with van der Waals surface area (Å²) in [5.41, 5.74) is -0.0755. The summed E-state index contributed by atoms with van der Waals surface area (Å²) in [6.07, 6.45) is 6.08. The van der Waals surface area contributed by atoms with Crippen LogP contribution >= 0.6 is 0 Å². The monoisotopic (exact) mass is 277 g/mol. The maximum absolute atomic E-state index is 13.6. The molecule has 0 radical (unpaired) electrons. The number of halogens is 1. The average Bonchev–Trinajstić information content (AvgIpc) is 2.65. The van der Waals surface area contributed by atoms with Crippen molar-refractivity contribution in [2.45, 2.75) is 51.0 Å². The predicted octanol–water partition coefficient (Wildman–Crippen LogP) is 3.24. The van der Waals surface area contributed by atoms with Crippen LogP contribution in [0.2, 0.25) is 0 Å². The van der Waals surface area contributed by atoms with Crippen LogP contribution < -0.4 is 5.32 Å². The number of aliphatic hydroxyl groups is 1. The summed E-state index contributed by atoms with van der Waals surface area (Å²) in [6.45, 7) is 1.63. The molecule has 2 N–H and O–H groups in total. The first-order chi connectivity index (χ1) is 9.55. The molecule has 3 rings (SSSR count). The predicted molar refractivity (Wildman–Crippen MR) is 74.9 cm³/mol. The molecule has 3 nitrogen and oxygen atoms in total. The first-order valence-electron chi connectivity index (χ1n) is 7.38. The fourth-order valence-electron chi connectivity index (χ4n) is 3.60. The minimum absolute atomic E-state index is 0.0730. The lowest BCUT2D eigenvalue weighted by Crippen LogP contribution is -2.41. The molecule has 1 aliphatic carbocycles. The van der Waals surface area contributed by atoms with Gasteiger partial charge in [0, 0.05) is 17.0 Å². The van der Waals surface area contributed by atoms with Crippen molar-refractivity contribution in [1.29, 1.82) is 0 Å². The topological polar surface area (TPSA) is 49.3 Å². The maximum Gasteiger partial charge on any atom is 0.261 e. The Kier molecular flexibility index (Phi) is 3.28. The number of nitrogens with one attached hydrogen (secondary N) is 1. The van der Waals surface area contributed by atoms with Crippen LogP contribution in [0.15, 0.2) is 12.1 Å². The number of carbonyl (C=O) groups excluding carboxylic acids is 1. The van der Waals surface area contributed by atoms with Crippen molar-refractivity contribution in [3.05, 3.63) is 29.1 Å². The number of hydrogen-bond donors (Lipinski definition) is 2. The van der Waals surface area contributed by atoms with Gasteiger partial charge in [-0.2, -0.15) is 0 Å². The van der Waals surface area contributed by atoms with Gasteiger partial charge in [0.2, 0.25) is 0 Å². The van der Waals surface area contributed by atoms with Gasteiger partial charge >= 0.3 is 0 Å². The third-order valence-corrected chi connectivity index (χ3v) is 4.84. The molecule has 1 aromatic carbocycles. The van der Waals surface area contributed by atoms with Gasteiger partial charge in [-0.3, -0.25) is 4.79 Å². The molecule has 1 saturated carbocycles. The second-order valence-electron chi connectivity index (χ2n) is 6.00. The number of amides is 1. The van der Waals surface area contributed by atoms with Crippen LogP contribution in [0.5, 0.6) is 0 Å². The van der Waals surface area contributed by atoms with Crippen molar-refractivity contribution in [3.8, 4) is 0 Å². The molecular weight excluding hydrogens is 257 g/mol. The molecule has 1 fully saturated rings. The molecule has 0 spiro atoms. The number of carbonyl (C=O) groups is 1. The van der Waals surface area contributed by atoms with Crippen LogP contribution in [-0.4, -0.2) is 11.0 Å². The smallest absolute Gasteiger partial charge is 0.261 e. The van der Waals surface area contributed by atoms with E-state index in [4.69, 9.17) is 0 Å². The maximum atomic E-state index is 13.6. The third kappa shape index (κ3) is 1.85. The van der Waals surface area contributed by atoms with Crippen LogP contribution in [0, 0.1) is 18.7 Å². The molecule has 1 atom stereocenters. The summed E-state index contributed by atoms with van der Waals surface area (Å²) >= 11 is 0. The summed E-state index contributed by atoms with van der Waals surface area (Å²) in [5.74, 6) is -0.821. The van der Waals surface area contributed by atoms with E-state index in [0.717, 1.165) is 38.5 Å². The lowest BCUT2D eigenvalue weighted by molar-refractivity contribution is -0.140. The van der Waals surface area contributed by atoms with Crippen LogP contribution in [-0.2, 0) is 10.4 Å². The SMILES string of the molecule is Cc1c(F)ccc2c1NC(=O)C2(O)C1CCCCCC1. The van der Waals surface area contributed by atoms with Crippen molar-refractivity contribution in [1.82, 2.24) is 0 Å². The number of fused-ring (bicyclic) bond motifs is 1. The molecule has 1 heterocycles. The Balaban J connectivity index is 2.06. The van der Waals surface area contributed by atoms with Crippen LogP contribution in [0.4, 0.5) is 10.1 Å². The molecule has 0 bridgehead atoms. The van der Waals surface area contributed by atoms with E-state index in [0.29, 0.717) is 16.8 Å². The van der Waals surface area contributed by atoms with E-state index in [9.17, 15) is 14.3 Å². The number of anilines is 1. The highest BCUT2D eigenvalue weighted by molar-refractivity contribution is 6.05. The van der Waals surface area contributed by atoms with Gasteiger partial charge < -0.3 is 10.4 Å². The van der Waals surface area contributed by atoms with Crippen molar-refractivity contribution in [3.63, 3.8) is 0 Å². The minimum atomic E-state index is -1.49. The van der Waals surface area contributed by atoms with Gasteiger partial charge in [0.15, 0.2) is 5.60 Å². The van der Waals surface area contributed by atoms with Gasteiger partial charge in [-0.05, 0) is 25.8 Å². The highest BCUT2D eigenvalue weighted by atomic mass is 19.1. The quantitative estimate of drug-likeness (QED) is 0.774. The highest BCUT2D eigenvalue weighted by Gasteiger charge is 2.51. The Morgan fingerprint density at radius 1 is 1.25 bits per heavy atom. The number of benzene rings is 1. The normalized spacial score (nSPS) is 27.1. The zero-order valence-electron chi connectivity index (χ0n) is 11.7. The standard InChI is InChI=1S/C16H20FNO2/c1-10-13(17)9-8-12-14(10)18-15(19)16(12,20)11-6-4-2-3-5-7-11/h8-9,11,20H,2-7H2,1H3,(H,18,19). The van der Waals surface area contributed by atoms with Crippen LogP contribution in [0.3, 0.4) is 0 Å². The van der Waals surface area contributed by atoms with E-state index in [1.807, 2.05) is 0 Å². The minimum Gasteiger partial charge on any atom is -0.375 e. The Morgan fingerprint density at radius 3 is 2.55 bits per heavy atom. The van der Waals surface area contributed by atoms with Crippen molar-refractivity contribution in [2.75, 3.05) is 5.32 Å². The summed E-state index contributed by atoms with van der Waals surface area (Å²) < 4.78 is 13.6. The molecule has 0 aromatic heterocycles. The largest absolute Gasteiger partial charge is 0.375 e. The van der Waals surface area contributed by atoms with Gasteiger partial charge in [-0.25, -0.2) is 4.39 Å². The van der Waals surface area contributed by atoms with Crippen LogP contribution in [0.25, 0.3) is 0 Å². The Morgan fingerprint density at radius 2 is 1.90 bits per heavy atom. The van der Waals surface area contributed by atoms with Crippen molar-refractivity contribution < 1.29 is 14.3 Å². The van der Waals surface area contributed by atoms with E-state index in [2.05, 4.69) is 5.32 Å². The van der Waals surface area contributed by atoms with Gasteiger partial charge in [0.05, 0.1) is 5.69 Å². The molecule has 1 unspecified atom stereocenters. The second kappa shape index (κ2) is 4.85. The fraction of sp³-hybridized carbons (Fsp3) is 0.562. The molecule has 4 heteroatoms. The molecular formula is C16H20FNO2. The summed E-state index contributed by atoms with van der Waals surface area (Å²) in [7, 11) is 0. The van der Waals surface area contributed by atoms with E-state index < -0.39 is 11.5 Å². The molecule has 108 valence electrons. The average molecular weight is 277 g/mol. The van der Waals surface area contributed by atoms with Crippen LogP contribution in [0.1, 0.15) is 49.7 Å². The molecule has 1 aromatic rings. The summed E-state index contributed by atoms with van der Waals surface area (Å²) in [6, 6.07) is 2.90. The highest BCUT2D eigenvalue weighted by Crippen LogP contribution is 2.47. The van der Waals surface area contributed by atoms with Gasteiger partial charge in [-0.15, -0.1) is 0 Å². The molecule has 1 aliphatic heterocycles. The third-order valence-electron chi connectivity index (χ3n) is 4.84. The molecule has 2 aliphatic rings. The zero-order valence-corrected chi connectivity index (χ0v) is 11.7. The van der Waals surface area contributed by atoms with Crippen molar-refractivity contribution in [2.24, 2.45) is 5.92 Å². The summed E-state index contributed by atoms with van der Waals surface area (Å²) in [4.78, 5) is 12.3. The van der Waals surface area contributed by atoms with Crippen molar-refractivity contribution >= 4 is 11.6 Å². The lowest BCUT2D eigenvalue weighted by atomic mass is 9.77. The van der Waals surface area contributed by atoms with Gasteiger partial charge in [-0.1, -0.05) is 31.7 Å². The molecule has 1 amide bonds. The Bertz CT molecular complexity index is 550.